The third kappa shape index (κ3) is 4.33. The smallest absolute Gasteiger partial charge is 0.322 e. The van der Waals surface area contributed by atoms with E-state index in [0.29, 0.717) is 28.2 Å². The zero-order valence-electron chi connectivity index (χ0n) is 17.8. The Morgan fingerprint density at radius 1 is 0.971 bits per heavy atom. The summed E-state index contributed by atoms with van der Waals surface area (Å²) in [4.78, 5) is 25.4. The molecule has 0 unspecified atom stereocenters. The summed E-state index contributed by atoms with van der Waals surface area (Å²) in [7, 11) is 0. The van der Waals surface area contributed by atoms with Crippen LogP contribution in [-0.2, 0) is 6.18 Å². The van der Waals surface area contributed by atoms with Crippen LogP contribution in [0.25, 0.3) is 28.2 Å². The normalized spacial score (nSPS) is 11.5. The molecule has 1 amide bonds. The van der Waals surface area contributed by atoms with Crippen molar-refractivity contribution in [2.75, 3.05) is 5.32 Å². The van der Waals surface area contributed by atoms with Crippen LogP contribution < -0.4 is 5.32 Å². The van der Waals surface area contributed by atoms with Crippen LogP contribution in [0.3, 0.4) is 0 Å². The van der Waals surface area contributed by atoms with Crippen LogP contribution in [0.1, 0.15) is 15.9 Å². The Morgan fingerprint density at radius 2 is 1.77 bits per heavy atom. The fourth-order valence-electron chi connectivity index (χ4n) is 3.76. The van der Waals surface area contributed by atoms with Gasteiger partial charge in [0.05, 0.1) is 22.8 Å². The summed E-state index contributed by atoms with van der Waals surface area (Å²) in [6, 6.07) is 13.3. The first-order valence-corrected chi connectivity index (χ1v) is 10.3. The second kappa shape index (κ2) is 8.64. The molecule has 174 valence electrons. The van der Waals surface area contributed by atoms with Crippen LogP contribution >= 0.6 is 0 Å². The van der Waals surface area contributed by atoms with Crippen molar-refractivity contribution in [2.45, 2.75) is 6.18 Å². The van der Waals surface area contributed by atoms with E-state index in [0.717, 1.165) is 18.2 Å². The van der Waals surface area contributed by atoms with E-state index in [1.165, 1.54) is 30.6 Å². The Kier molecular flexibility index (Phi) is 5.48. The summed E-state index contributed by atoms with van der Waals surface area (Å²) < 4.78 is 56.1. The molecule has 5 rings (SSSR count). The highest BCUT2D eigenvalue weighted by Gasteiger charge is 2.35. The second-order valence-corrected chi connectivity index (χ2v) is 7.57. The summed E-state index contributed by atoms with van der Waals surface area (Å²) in [6.07, 6.45) is 1.56. The van der Waals surface area contributed by atoms with Crippen LogP contribution in [0.2, 0.25) is 0 Å². The second-order valence-electron chi connectivity index (χ2n) is 7.57. The standard InChI is InChI=1S/C25H15F4N5O/c26-16-4-6-17(7-5-16)33-24(35)19-12-15(3-8-20(19)25(27,28)29)18-2-1-11-34-22(18)13-31-23(34)21-9-10-30-14-32-21/h1-14H,(H,33,35). The molecule has 0 saturated carbocycles. The number of rotatable bonds is 4. The molecule has 2 aromatic carbocycles. The van der Waals surface area contributed by atoms with E-state index in [1.54, 1.807) is 41.2 Å². The highest BCUT2D eigenvalue weighted by atomic mass is 19.4. The molecule has 0 bridgehead atoms. The number of benzene rings is 2. The van der Waals surface area contributed by atoms with Crippen molar-refractivity contribution >= 4 is 17.1 Å². The quantitative estimate of drug-likeness (QED) is 0.329. The first-order chi connectivity index (χ1) is 16.8. The largest absolute Gasteiger partial charge is 0.417 e. The highest BCUT2D eigenvalue weighted by molar-refractivity contribution is 6.06. The first kappa shape index (κ1) is 22.2. The number of halogens is 4. The number of amides is 1. The van der Waals surface area contributed by atoms with Crippen LogP contribution in [0, 0.1) is 5.82 Å². The number of nitrogens with zero attached hydrogens (tertiary/aromatic N) is 4. The predicted octanol–water partition coefficient (Wildman–Crippen LogP) is 5.87. The third-order valence-electron chi connectivity index (χ3n) is 5.36. The summed E-state index contributed by atoms with van der Waals surface area (Å²) in [6.45, 7) is 0. The number of carbonyl (C=O) groups is 1. The molecule has 5 aromatic rings. The van der Waals surface area contributed by atoms with Gasteiger partial charge in [0.15, 0.2) is 5.82 Å². The topological polar surface area (TPSA) is 72.2 Å². The molecule has 3 aromatic heterocycles. The van der Waals surface area contributed by atoms with E-state index in [2.05, 4.69) is 20.3 Å². The summed E-state index contributed by atoms with van der Waals surface area (Å²) >= 11 is 0. The van der Waals surface area contributed by atoms with Gasteiger partial charge in [-0.05, 0) is 54.1 Å². The van der Waals surface area contributed by atoms with Crippen molar-refractivity contribution in [1.82, 2.24) is 19.4 Å². The van der Waals surface area contributed by atoms with Gasteiger partial charge in [0.2, 0.25) is 0 Å². The number of anilines is 1. The Balaban J connectivity index is 1.60. The maximum Gasteiger partial charge on any atom is 0.417 e. The predicted molar refractivity (Wildman–Crippen MR) is 121 cm³/mol. The third-order valence-corrected chi connectivity index (χ3v) is 5.36. The SMILES string of the molecule is O=C(Nc1ccc(F)cc1)c1cc(-c2cccn3c(-c4ccncn4)ncc23)ccc1C(F)(F)F. The molecule has 1 N–H and O–H groups in total. The lowest BCUT2D eigenvalue weighted by molar-refractivity contribution is -0.137. The van der Waals surface area contributed by atoms with Gasteiger partial charge in [0.1, 0.15) is 17.8 Å². The monoisotopic (exact) mass is 477 g/mol. The molecule has 0 aliphatic carbocycles. The highest BCUT2D eigenvalue weighted by Crippen LogP contribution is 2.36. The van der Waals surface area contributed by atoms with Gasteiger partial charge in [-0.1, -0.05) is 12.1 Å². The lowest BCUT2D eigenvalue weighted by atomic mass is 9.98. The Bertz CT molecular complexity index is 1530. The van der Waals surface area contributed by atoms with Crippen molar-refractivity contribution in [2.24, 2.45) is 0 Å². The van der Waals surface area contributed by atoms with Crippen LogP contribution in [0.15, 0.2) is 85.6 Å². The van der Waals surface area contributed by atoms with Crippen LogP contribution in [0.5, 0.6) is 0 Å². The van der Waals surface area contributed by atoms with Gasteiger partial charge >= 0.3 is 6.18 Å². The van der Waals surface area contributed by atoms with Gasteiger partial charge in [-0.25, -0.2) is 19.3 Å². The molecule has 0 spiro atoms. The summed E-state index contributed by atoms with van der Waals surface area (Å²) in [5, 5.41) is 2.40. The van der Waals surface area contributed by atoms with Crippen LogP contribution in [0.4, 0.5) is 23.2 Å². The van der Waals surface area contributed by atoms with Gasteiger partial charge in [-0.3, -0.25) is 9.20 Å². The van der Waals surface area contributed by atoms with Gasteiger partial charge in [-0.2, -0.15) is 13.2 Å². The number of aromatic nitrogens is 4. The number of hydrogen-bond donors (Lipinski definition) is 1. The zero-order chi connectivity index (χ0) is 24.6. The summed E-state index contributed by atoms with van der Waals surface area (Å²) in [5.74, 6) is -0.963. The number of imidazole rings is 1. The first-order valence-electron chi connectivity index (χ1n) is 10.3. The van der Waals surface area contributed by atoms with E-state index in [9.17, 15) is 22.4 Å². The number of hydrogen-bond acceptors (Lipinski definition) is 4. The van der Waals surface area contributed by atoms with Crippen molar-refractivity contribution in [1.29, 1.82) is 0 Å². The number of fused-ring (bicyclic) bond motifs is 1. The molecule has 0 radical (unpaired) electrons. The number of pyridine rings is 1. The Morgan fingerprint density at radius 3 is 2.49 bits per heavy atom. The maximum absolute atomic E-state index is 13.7. The fraction of sp³-hybridized carbons (Fsp3) is 0.0400. The van der Waals surface area contributed by atoms with E-state index in [4.69, 9.17) is 0 Å². The van der Waals surface area contributed by atoms with Gasteiger partial charge < -0.3 is 5.32 Å². The van der Waals surface area contributed by atoms with E-state index in [-0.39, 0.29) is 5.69 Å². The molecule has 3 heterocycles. The van der Waals surface area contributed by atoms with E-state index < -0.39 is 29.0 Å². The molecule has 0 aliphatic rings. The van der Waals surface area contributed by atoms with Crippen LogP contribution in [-0.4, -0.2) is 25.3 Å². The average Bonchev–Trinajstić information content (AvgIpc) is 3.29. The molecule has 0 aliphatic heterocycles. The molecule has 6 nitrogen and oxygen atoms in total. The minimum atomic E-state index is -4.75. The lowest BCUT2D eigenvalue weighted by Crippen LogP contribution is -2.19. The number of nitrogens with one attached hydrogen (secondary N) is 1. The van der Waals surface area contributed by atoms with Gasteiger partial charge in [0.25, 0.3) is 5.91 Å². The average molecular weight is 477 g/mol. The van der Waals surface area contributed by atoms with Crippen molar-refractivity contribution in [3.8, 4) is 22.6 Å². The number of alkyl halides is 3. The maximum atomic E-state index is 13.7. The molecular weight excluding hydrogens is 462 g/mol. The van der Waals surface area contributed by atoms with Gasteiger partial charge in [-0.15, -0.1) is 0 Å². The van der Waals surface area contributed by atoms with Crippen molar-refractivity contribution < 1.29 is 22.4 Å². The molecule has 0 atom stereocenters. The zero-order valence-corrected chi connectivity index (χ0v) is 17.8. The number of carbonyl (C=O) groups excluding carboxylic acids is 1. The molecule has 0 saturated heterocycles. The minimum absolute atomic E-state index is 0.169. The minimum Gasteiger partial charge on any atom is -0.322 e. The lowest BCUT2D eigenvalue weighted by Gasteiger charge is -2.15. The molecule has 10 heteroatoms. The van der Waals surface area contributed by atoms with Crippen molar-refractivity contribution in [3.05, 3.63) is 103 Å². The Labute approximate surface area is 195 Å². The summed E-state index contributed by atoms with van der Waals surface area (Å²) in [5.41, 5.74) is 0.684. The molecule has 0 fully saturated rings. The van der Waals surface area contributed by atoms with E-state index >= 15 is 0 Å². The molecule has 35 heavy (non-hydrogen) atoms. The van der Waals surface area contributed by atoms with Crippen molar-refractivity contribution in [3.63, 3.8) is 0 Å². The fourth-order valence-corrected chi connectivity index (χ4v) is 3.76. The molecular formula is C25H15F4N5O. The Hall–Kier alpha value is -4.60. The van der Waals surface area contributed by atoms with Gasteiger partial charge in [0, 0.05) is 23.6 Å². The van der Waals surface area contributed by atoms with E-state index in [1.807, 2.05) is 0 Å².